The van der Waals surface area contributed by atoms with E-state index in [2.05, 4.69) is 52.9 Å². The Kier molecular flexibility index (Phi) is 5.46. The summed E-state index contributed by atoms with van der Waals surface area (Å²) in [7, 11) is 0. The van der Waals surface area contributed by atoms with Crippen LogP contribution in [0.1, 0.15) is 26.7 Å². The van der Waals surface area contributed by atoms with Gasteiger partial charge in [0.15, 0.2) is 0 Å². The lowest BCUT2D eigenvalue weighted by Gasteiger charge is -2.37. The maximum Gasteiger partial charge on any atom is 0.225 e. The molecular weight excluding hydrogens is 316 g/mol. The van der Waals surface area contributed by atoms with Crippen LogP contribution in [0.4, 0.5) is 5.69 Å². The number of nitrogens with zero attached hydrogens (tertiary/aromatic N) is 2. The second kappa shape index (κ2) is 7.11. The Hall–Kier alpha value is -1.03. The van der Waals surface area contributed by atoms with Gasteiger partial charge in [0.25, 0.3) is 0 Å². The highest BCUT2D eigenvalue weighted by molar-refractivity contribution is 9.10. The van der Waals surface area contributed by atoms with E-state index in [1.54, 1.807) is 0 Å². The van der Waals surface area contributed by atoms with E-state index in [0.29, 0.717) is 5.91 Å². The van der Waals surface area contributed by atoms with E-state index < -0.39 is 0 Å². The van der Waals surface area contributed by atoms with Crippen molar-refractivity contribution in [3.05, 3.63) is 28.7 Å². The van der Waals surface area contributed by atoms with E-state index in [0.717, 1.165) is 43.5 Å². The topological polar surface area (TPSA) is 23.6 Å². The predicted molar refractivity (Wildman–Crippen MR) is 87.0 cm³/mol. The summed E-state index contributed by atoms with van der Waals surface area (Å²) in [6, 6.07) is 8.28. The van der Waals surface area contributed by atoms with Crippen molar-refractivity contribution in [3.63, 3.8) is 0 Å². The molecule has 1 heterocycles. The molecule has 110 valence electrons. The molecule has 1 amide bonds. The smallest absolute Gasteiger partial charge is 0.225 e. The Morgan fingerprint density at radius 2 is 1.75 bits per heavy atom. The Balaban J connectivity index is 1.96. The van der Waals surface area contributed by atoms with Crippen LogP contribution >= 0.6 is 15.9 Å². The van der Waals surface area contributed by atoms with Crippen LogP contribution in [0.3, 0.4) is 0 Å². The van der Waals surface area contributed by atoms with Crippen molar-refractivity contribution in [2.75, 3.05) is 31.1 Å². The van der Waals surface area contributed by atoms with Gasteiger partial charge < -0.3 is 9.80 Å². The molecule has 0 aromatic heterocycles. The Bertz CT molecular complexity index is 452. The number of hydrogen-bond acceptors (Lipinski definition) is 2. The van der Waals surface area contributed by atoms with Gasteiger partial charge in [0.05, 0.1) is 5.69 Å². The van der Waals surface area contributed by atoms with Crippen LogP contribution in [0.25, 0.3) is 0 Å². The fraction of sp³-hybridized carbons (Fsp3) is 0.562. The molecule has 3 nitrogen and oxygen atoms in total. The van der Waals surface area contributed by atoms with Crippen LogP contribution in [-0.4, -0.2) is 37.0 Å². The Morgan fingerprint density at radius 3 is 2.30 bits per heavy atom. The van der Waals surface area contributed by atoms with Crippen LogP contribution < -0.4 is 4.90 Å². The maximum atomic E-state index is 12.4. The molecule has 0 saturated carbocycles. The number of rotatable bonds is 4. The van der Waals surface area contributed by atoms with E-state index in [9.17, 15) is 4.79 Å². The van der Waals surface area contributed by atoms with E-state index in [-0.39, 0.29) is 5.92 Å². The molecule has 1 aromatic rings. The zero-order chi connectivity index (χ0) is 14.5. The third-order valence-electron chi connectivity index (χ3n) is 4.12. The number of hydrogen-bond donors (Lipinski definition) is 0. The number of carbonyl (C=O) groups is 1. The van der Waals surface area contributed by atoms with Gasteiger partial charge >= 0.3 is 0 Å². The fourth-order valence-corrected chi connectivity index (χ4v) is 3.31. The summed E-state index contributed by atoms with van der Waals surface area (Å²) in [5, 5.41) is 0. The number of para-hydroxylation sites is 1. The normalized spacial score (nSPS) is 15.8. The minimum Gasteiger partial charge on any atom is -0.367 e. The molecule has 1 saturated heterocycles. The van der Waals surface area contributed by atoms with Gasteiger partial charge in [0, 0.05) is 36.6 Å². The lowest BCUT2D eigenvalue weighted by Crippen LogP contribution is -2.50. The summed E-state index contributed by atoms with van der Waals surface area (Å²) in [4.78, 5) is 16.7. The molecule has 1 aliphatic heterocycles. The third kappa shape index (κ3) is 3.35. The van der Waals surface area contributed by atoms with E-state index in [1.165, 1.54) is 5.69 Å². The average Bonchev–Trinajstić information content (AvgIpc) is 2.49. The highest BCUT2D eigenvalue weighted by atomic mass is 79.9. The SMILES string of the molecule is CCC(CC)C(=O)N1CCN(c2ccccc2Br)CC1. The lowest BCUT2D eigenvalue weighted by atomic mass is 10.0. The van der Waals surface area contributed by atoms with Gasteiger partial charge in [0.2, 0.25) is 5.91 Å². The molecule has 1 aliphatic rings. The van der Waals surface area contributed by atoms with Gasteiger partial charge in [-0.2, -0.15) is 0 Å². The van der Waals surface area contributed by atoms with Crippen molar-refractivity contribution in [1.29, 1.82) is 0 Å². The van der Waals surface area contributed by atoms with Gasteiger partial charge in [-0.1, -0.05) is 26.0 Å². The Morgan fingerprint density at radius 1 is 1.15 bits per heavy atom. The second-order valence-corrected chi connectivity index (χ2v) is 6.13. The van der Waals surface area contributed by atoms with E-state index in [4.69, 9.17) is 0 Å². The zero-order valence-electron chi connectivity index (χ0n) is 12.3. The minimum atomic E-state index is 0.199. The Labute approximate surface area is 130 Å². The van der Waals surface area contributed by atoms with Crippen LogP contribution in [0.5, 0.6) is 0 Å². The van der Waals surface area contributed by atoms with Crippen molar-refractivity contribution >= 4 is 27.5 Å². The van der Waals surface area contributed by atoms with Crippen LogP contribution in [0, 0.1) is 5.92 Å². The second-order valence-electron chi connectivity index (χ2n) is 5.28. The average molecular weight is 339 g/mol. The monoisotopic (exact) mass is 338 g/mol. The molecule has 2 rings (SSSR count). The van der Waals surface area contributed by atoms with Crippen LogP contribution in [0.15, 0.2) is 28.7 Å². The molecule has 0 spiro atoms. The van der Waals surface area contributed by atoms with Crippen molar-refractivity contribution in [2.45, 2.75) is 26.7 Å². The van der Waals surface area contributed by atoms with Crippen molar-refractivity contribution in [2.24, 2.45) is 5.92 Å². The summed E-state index contributed by atoms with van der Waals surface area (Å²) in [5.74, 6) is 0.534. The summed E-state index contributed by atoms with van der Waals surface area (Å²) in [6.45, 7) is 7.68. The molecule has 0 atom stereocenters. The quantitative estimate of drug-likeness (QED) is 0.838. The summed E-state index contributed by atoms with van der Waals surface area (Å²) in [6.07, 6.45) is 1.89. The minimum absolute atomic E-state index is 0.199. The molecule has 20 heavy (non-hydrogen) atoms. The molecule has 0 N–H and O–H groups in total. The van der Waals surface area contributed by atoms with Gasteiger partial charge in [-0.25, -0.2) is 0 Å². The van der Waals surface area contributed by atoms with E-state index >= 15 is 0 Å². The van der Waals surface area contributed by atoms with Crippen LogP contribution in [-0.2, 0) is 4.79 Å². The molecule has 0 aliphatic carbocycles. The standard InChI is InChI=1S/C16H23BrN2O/c1-3-13(4-2)16(20)19-11-9-18(10-12-19)15-8-6-5-7-14(15)17/h5-8,13H,3-4,9-12H2,1-2H3. The highest BCUT2D eigenvalue weighted by Crippen LogP contribution is 2.26. The molecular formula is C16H23BrN2O. The fourth-order valence-electron chi connectivity index (χ4n) is 2.77. The maximum absolute atomic E-state index is 12.4. The largest absolute Gasteiger partial charge is 0.367 e. The first kappa shape index (κ1) is 15.4. The van der Waals surface area contributed by atoms with Gasteiger partial charge in [-0.3, -0.25) is 4.79 Å². The van der Waals surface area contributed by atoms with Crippen molar-refractivity contribution < 1.29 is 4.79 Å². The van der Waals surface area contributed by atoms with E-state index in [1.807, 2.05) is 11.0 Å². The highest BCUT2D eigenvalue weighted by Gasteiger charge is 2.25. The van der Waals surface area contributed by atoms with Crippen LogP contribution in [0.2, 0.25) is 0 Å². The first-order valence-electron chi connectivity index (χ1n) is 7.45. The number of anilines is 1. The van der Waals surface area contributed by atoms with Gasteiger partial charge in [-0.15, -0.1) is 0 Å². The molecule has 0 radical (unpaired) electrons. The predicted octanol–water partition coefficient (Wildman–Crippen LogP) is 3.53. The van der Waals surface area contributed by atoms with Gasteiger partial charge in [0.1, 0.15) is 0 Å². The third-order valence-corrected chi connectivity index (χ3v) is 4.79. The summed E-state index contributed by atoms with van der Waals surface area (Å²) in [5.41, 5.74) is 1.22. The zero-order valence-corrected chi connectivity index (χ0v) is 13.9. The molecule has 1 fully saturated rings. The number of piperazine rings is 1. The summed E-state index contributed by atoms with van der Waals surface area (Å²) >= 11 is 3.60. The van der Waals surface area contributed by atoms with Crippen molar-refractivity contribution in [1.82, 2.24) is 4.90 Å². The first-order valence-corrected chi connectivity index (χ1v) is 8.24. The molecule has 0 bridgehead atoms. The number of carbonyl (C=O) groups excluding carboxylic acids is 1. The first-order chi connectivity index (χ1) is 9.67. The molecule has 4 heteroatoms. The number of amides is 1. The lowest BCUT2D eigenvalue weighted by molar-refractivity contribution is -0.136. The van der Waals surface area contributed by atoms with Crippen molar-refractivity contribution in [3.8, 4) is 0 Å². The summed E-state index contributed by atoms with van der Waals surface area (Å²) < 4.78 is 1.12. The molecule has 1 aromatic carbocycles. The number of benzene rings is 1. The van der Waals surface area contributed by atoms with Gasteiger partial charge in [-0.05, 0) is 40.9 Å². The molecule has 0 unspecified atom stereocenters. The number of halogens is 1.